The van der Waals surface area contributed by atoms with Gasteiger partial charge in [0.05, 0.1) is 16.9 Å². The number of aromatic nitrogens is 2. The number of hydrogen-bond donors (Lipinski definition) is 1. The molecule has 1 saturated heterocycles. The minimum Gasteiger partial charge on any atom is -0.316 e. The normalized spacial score (nSPS) is 28.3. The molecule has 2 fully saturated rings. The van der Waals surface area contributed by atoms with Gasteiger partial charge >= 0.3 is 0 Å². The molecule has 0 bridgehead atoms. The highest BCUT2D eigenvalue weighted by Gasteiger charge is 2.53. The van der Waals surface area contributed by atoms with E-state index in [1.807, 2.05) is 11.7 Å². The number of nitrogens with one attached hydrogen (secondary N) is 1. The van der Waals surface area contributed by atoms with Gasteiger partial charge in [-0.25, -0.2) is 0 Å². The lowest BCUT2D eigenvalue weighted by Gasteiger charge is -2.22. The molecule has 3 rings (SSSR count). The van der Waals surface area contributed by atoms with E-state index >= 15 is 0 Å². The van der Waals surface area contributed by atoms with Crippen LogP contribution in [0.5, 0.6) is 0 Å². The van der Waals surface area contributed by atoms with Crippen molar-refractivity contribution in [3.05, 3.63) is 16.9 Å². The second-order valence-corrected chi connectivity index (χ2v) is 5.22. The third-order valence-corrected chi connectivity index (χ3v) is 4.27. The van der Waals surface area contributed by atoms with Gasteiger partial charge in [0.2, 0.25) is 0 Å². The second-order valence-electron chi connectivity index (χ2n) is 4.81. The summed E-state index contributed by atoms with van der Waals surface area (Å²) >= 11 is 6.24. The molecule has 15 heavy (non-hydrogen) atoms. The first-order valence-electron chi connectivity index (χ1n) is 5.63. The number of rotatable bonds is 2. The highest BCUT2D eigenvalue weighted by atomic mass is 35.5. The molecule has 4 heteroatoms. The molecule has 82 valence electrons. The van der Waals surface area contributed by atoms with Crippen LogP contribution >= 0.6 is 11.6 Å². The number of hydrogen-bond acceptors (Lipinski definition) is 2. The van der Waals surface area contributed by atoms with Crippen molar-refractivity contribution >= 4 is 11.6 Å². The Morgan fingerprint density at radius 2 is 2.40 bits per heavy atom. The van der Waals surface area contributed by atoms with Crippen molar-refractivity contribution in [2.24, 2.45) is 13.0 Å². The van der Waals surface area contributed by atoms with Gasteiger partial charge in [-0.3, -0.25) is 4.68 Å². The smallest absolute Gasteiger partial charge is 0.0823 e. The van der Waals surface area contributed by atoms with Gasteiger partial charge in [0.25, 0.3) is 0 Å². The Labute approximate surface area is 94.8 Å². The van der Waals surface area contributed by atoms with Crippen LogP contribution < -0.4 is 5.32 Å². The van der Waals surface area contributed by atoms with Crippen molar-refractivity contribution in [2.45, 2.75) is 24.7 Å². The first-order chi connectivity index (χ1) is 7.24. The lowest BCUT2D eigenvalue weighted by Crippen LogP contribution is -2.25. The summed E-state index contributed by atoms with van der Waals surface area (Å²) in [6.07, 6.45) is 5.61. The quantitative estimate of drug-likeness (QED) is 0.831. The summed E-state index contributed by atoms with van der Waals surface area (Å²) in [5.41, 5.74) is 1.60. The molecule has 1 unspecified atom stereocenters. The van der Waals surface area contributed by atoms with Gasteiger partial charge in [0, 0.05) is 12.5 Å². The Balaban J connectivity index is 1.98. The first-order valence-corrected chi connectivity index (χ1v) is 6.00. The lowest BCUT2D eigenvalue weighted by molar-refractivity contribution is 0.414. The van der Waals surface area contributed by atoms with Crippen LogP contribution in [0, 0.1) is 5.92 Å². The molecule has 1 aromatic heterocycles. The molecular formula is C11H16ClN3. The van der Waals surface area contributed by atoms with Crippen molar-refractivity contribution < 1.29 is 0 Å². The number of aryl methyl sites for hydroxylation is 1. The maximum atomic E-state index is 6.24. The zero-order chi connectivity index (χ0) is 10.5. The van der Waals surface area contributed by atoms with E-state index in [9.17, 15) is 0 Å². The number of nitrogens with zero attached hydrogens (tertiary/aromatic N) is 2. The van der Waals surface area contributed by atoms with Crippen LogP contribution in [0.3, 0.4) is 0 Å². The van der Waals surface area contributed by atoms with E-state index in [2.05, 4.69) is 10.4 Å². The molecule has 1 saturated carbocycles. The summed E-state index contributed by atoms with van der Waals surface area (Å²) in [7, 11) is 2.00. The van der Waals surface area contributed by atoms with E-state index in [4.69, 9.17) is 11.6 Å². The van der Waals surface area contributed by atoms with E-state index in [1.165, 1.54) is 25.0 Å². The molecule has 1 aliphatic carbocycles. The average molecular weight is 226 g/mol. The standard InChI is InChI=1S/C11H16ClN3/c1-15-10(9(12)7-14-15)11(3-4-11)8-2-5-13-6-8/h7-8,13H,2-6H2,1H3. The van der Waals surface area contributed by atoms with Crippen molar-refractivity contribution in [3.8, 4) is 0 Å². The topological polar surface area (TPSA) is 29.9 Å². The second kappa shape index (κ2) is 3.22. The summed E-state index contributed by atoms with van der Waals surface area (Å²) < 4.78 is 1.97. The van der Waals surface area contributed by atoms with Gasteiger partial charge in [0.1, 0.15) is 0 Å². The largest absolute Gasteiger partial charge is 0.316 e. The van der Waals surface area contributed by atoms with E-state index in [-0.39, 0.29) is 0 Å². The zero-order valence-corrected chi connectivity index (χ0v) is 9.72. The zero-order valence-electron chi connectivity index (χ0n) is 8.96. The summed E-state index contributed by atoms with van der Waals surface area (Å²) in [5.74, 6) is 0.755. The van der Waals surface area contributed by atoms with Gasteiger partial charge in [-0.2, -0.15) is 5.10 Å². The fraction of sp³-hybridized carbons (Fsp3) is 0.727. The molecule has 1 aromatic rings. The van der Waals surface area contributed by atoms with Crippen LogP contribution in [0.4, 0.5) is 0 Å². The Bertz CT molecular complexity index is 356. The maximum absolute atomic E-state index is 6.24. The first kappa shape index (κ1) is 9.67. The molecular weight excluding hydrogens is 210 g/mol. The van der Waals surface area contributed by atoms with Crippen LogP contribution in [0.15, 0.2) is 6.20 Å². The third kappa shape index (κ3) is 1.33. The summed E-state index contributed by atoms with van der Waals surface area (Å²) in [6, 6.07) is 0. The minimum absolute atomic E-state index is 0.339. The Kier molecular flexibility index (Phi) is 2.08. The lowest BCUT2D eigenvalue weighted by atomic mass is 9.85. The van der Waals surface area contributed by atoms with E-state index in [0.717, 1.165) is 24.0 Å². The Morgan fingerprint density at radius 3 is 2.87 bits per heavy atom. The molecule has 3 nitrogen and oxygen atoms in total. The maximum Gasteiger partial charge on any atom is 0.0823 e. The Hall–Kier alpha value is -0.540. The summed E-state index contributed by atoms with van der Waals surface area (Å²) in [5, 5.41) is 8.55. The van der Waals surface area contributed by atoms with Crippen molar-refractivity contribution in [1.82, 2.24) is 15.1 Å². The fourth-order valence-electron chi connectivity index (χ4n) is 3.07. The van der Waals surface area contributed by atoms with Gasteiger partial charge in [-0.15, -0.1) is 0 Å². The third-order valence-electron chi connectivity index (χ3n) is 4.00. The van der Waals surface area contributed by atoms with E-state index < -0.39 is 0 Å². The predicted octanol–water partition coefficient (Wildman–Crippen LogP) is 1.71. The molecule has 2 aliphatic rings. The van der Waals surface area contributed by atoms with Crippen LogP contribution in [0.2, 0.25) is 5.02 Å². The monoisotopic (exact) mass is 225 g/mol. The van der Waals surface area contributed by atoms with Gasteiger partial charge in [0.15, 0.2) is 0 Å². The number of halogens is 1. The van der Waals surface area contributed by atoms with Crippen molar-refractivity contribution in [2.75, 3.05) is 13.1 Å². The van der Waals surface area contributed by atoms with Crippen LogP contribution in [0.1, 0.15) is 25.0 Å². The molecule has 0 aromatic carbocycles. The highest BCUT2D eigenvalue weighted by Crippen LogP contribution is 2.56. The van der Waals surface area contributed by atoms with Gasteiger partial charge < -0.3 is 5.32 Å². The van der Waals surface area contributed by atoms with Crippen molar-refractivity contribution in [1.29, 1.82) is 0 Å². The van der Waals surface area contributed by atoms with Crippen molar-refractivity contribution in [3.63, 3.8) is 0 Å². The molecule has 1 N–H and O–H groups in total. The fourth-order valence-corrected chi connectivity index (χ4v) is 3.42. The summed E-state index contributed by atoms with van der Waals surface area (Å²) in [4.78, 5) is 0. The van der Waals surface area contributed by atoms with Gasteiger partial charge in [-0.05, 0) is 38.3 Å². The van der Waals surface area contributed by atoms with Crippen LogP contribution in [-0.4, -0.2) is 22.9 Å². The molecule has 0 radical (unpaired) electrons. The predicted molar refractivity (Wildman–Crippen MR) is 60.1 cm³/mol. The van der Waals surface area contributed by atoms with Crippen LogP contribution in [0.25, 0.3) is 0 Å². The molecule has 1 atom stereocenters. The summed E-state index contributed by atoms with van der Waals surface area (Å²) in [6.45, 7) is 2.30. The highest BCUT2D eigenvalue weighted by molar-refractivity contribution is 6.31. The minimum atomic E-state index is 0.339. The SMILES string of the molecule is Cn1ncc(Cl)c1C1(C2CCNC2)CC1. The van der Waals surface area contributed by atoms with E-state index in [0.29, 0.717) is 5.41 Å². The van der Waals surface area contributed by atoms with Gasteiger partial charge in [-0.1, -0.05) is 11.6 Å². The molecule has 0 spiro atoms. The molecule has 1 aliphatic heterocycles. The van der Waals surface area contributed by atoms with Crippen LogP contribution in [-0.2, 0) is 12.5 Å². The molecule has 2 heterocycles. The molecule has 0 amide bonds. The average Bonchev–Trinajstić information content (AvgIpc) is 2.70. The Morgan fingerprint density at radius 1 is 1.60 bits per heavy atom. The van der Waals surface area contributed by atoms with E-state index in [1.54, 1.807) is 6.20 Å².